The van der Waals surface area contributed by atoms with Crippen LogP contribution in [0.4, 0.5) is 11.4 Å². The van der Waals surface area contributed by atoms with Crippen molar-refractivity contribution in [3.63, 3.8) is 0 Å². The summed E-state index contributed by atoms with van der Waals surface area (Å²) in [6.07, 6.45) is 6.60. The van der Waals surface area contributed by atoms with Gasteiger partial charge in [0.1, 0.15) is 0 Å². The average molecular weight is 834 g/mol. The van der Waals surface area contributed by atoms with Gasteiger partial charge in [0, 0.05) is 67.6 Å². The van der Waals surface area contributed by atoms with Gasteiger partial charge < -0.3 is 4.90 Å². The molecule has 12 rings (SSSR count). The number of hydrogen-bond acceptors (Lipinski definition) is 4. The molecule has 0 fully saturated rings. The third kappa shape index (κ3) is 5.74. The first-order valence-electron chi connectivity index (χ1n) is 20.8. The zero-order valence-electron chi connectivity index (χ0n) is 33.8. The molecule has 290 valence electrons. The number of rotatable bonds is 5. The molecule has 0 N–H and O–H groups in total. The monoisotopic (exact) mass is 833 g/mol. The Labute approximate surface area is 368 Å². The molecule has 2 aliphatic rings. The molecule has 0 amide bonds. The third-order valence-corrected chi connectivity index (χ3v) is 16.3. The normalized spacial score (nSPS) is 15.6. The largest absolute Gasteiger partial charge is 0.305 e. The van der Waals surface area contributed by atoms with E-state index in [2.05, 4.69) is 213 Å². The second kappa shape index (κ2) is 14.1. The van der Waals surface area contributed by atoms with Crippen LogP contribution >= 0.6 is 34.4 Å². The van der Waals surface area contributed by atoms with Crippen LogP contribution in [0.25, 0.3) is 79.3 Å². The molecule has 1 nitrogen and oxygen atoms in total. The van der Waals surface area contributed by atoms with Crippen molar-refractivity contribution in [1.82, 2.24) is 0 Å². The number of anilines is 2. The smallest absolute Gasteiger partial charge is 0.0847 e. The van der Waals surface area contributed by atoms with E-state index in [-0.39, 0.29) is 5.41 Å². The molecule has 1 aliphatic carbocycles. The predicted molar refractivity (Wildman–Crippen MR) is 268 cm³/mol. The number of hydrogen-bond donors (Lipinski definition) is 0. The molecule has 4 heteroatoms. The predicted octanol–water partition coefficient (Wildman–Crippen LogP) is 17.4. The Hall–Kier alpha value is -6.43. The lowest BCUT2D eigenvalue weighted by Gasteiger charge is -2.30. The van der Waals surface area contributed by atoms with Gasteiger partial charge in [0.15, 0.2) is 0 Å². The standard InChI is InChI=1S/C57H39NS3/c1-35-13-10-24-52(61-56-40(35)33-34-49-53(56)47-16-4-7-21-48(47)57(49,2)3)58(38-29-25-36(26-30-38)41-17-11-19-45-43-14-5-8-22-50(43)59-54(41)45)39-31-27-37(28-32-39)42-18-12-20-46-44-15-6-9-23-51(44)60-55(42)46/h4-34H,1H2,2-3H3/b13-10-,52-24-. The number of fused-ring (bicyclic) bond motifs is 11. The summed E-state index contributed by atoms with van der Waals surface area (Å²) < 4.78 is 5.30. The minimum Gasteiger partial charge on any atom is -0.305 e. The molecule has 0 saturated carbocycles. The van der Waals surface area contributed by atoms with Gasteiger partial charge in [-0.3, -0.25) is 0 Å². The zero-order chi connectivity index (χ0) is 40.8. The lowest BCUT2D eigenvalue weighted by molar-refractivity contribution is 0.659. The molecule has 0 spiro atoms. The Morgan fingerprint density at radius 2 is 1.00 bits per heavy atom. The molecule has 0 atom stereocenters. The van der Waals surface area contributed by atoms with E-state index in [1.165, 1.54) is 95.3 Å². The maximum absolute atomic E-state index is 4.57. The van der Waals surface area contributed by atoms with Gasteiger partial charge in [-0.25, -0.2) is 0 Å². The Kier molecular flexibility index (Phi) is 8.40. The zero-order valence-corrected chi connectivity index (χ0v) is 36.2. The summed E-state index contributed by atoms with van der Waals surface area (Å²) in [5.74, 6) is 0. The first kappa shape index (κ1) is 36.4. The summed E-state index contributed by atoms with van der Waals surface area (Å²) >= 11 is 5.61. The van der Waals surface area contributed by atoms with E-state index in [1.54, 1.807) is 0 Å². The Balaban J connectivity index is 1.01. The maximum Gasteiger partial charge on any atom is 0.0847 e. The second-order valence-electron chi connectivity index (χ2n) is 16.5. The van der Waals surface area contributed by atoms with Crippen molar-refractivity contribution in [2.75, 3.05) is 4.90 Å². The van der Waals surface area contributed by atoms with Crippen molar-refractivity contribution in [2.24, 2.45) is 0 Å². The van der Waals surface area contributed by atoms with Crippen LogP contribution in [-0.2, 0) is 5.41 Å². The topological polar surface area (TPSA) is 3.24 Å². The van der Waals surface area contributed by atoms with E-state index in [0.29, 0.717) is 0 Å². The van der Waals surface area contributed by atoms with Crippen LogP contribution in [0.2, 0.25) is 0 Å². The minimum atomic E-state index is -0.106. The molecular formula is C57H39NS3. The molecule has 10 aromatic rings. The third-order valence-electron chi connectivity index (χ3n) is 12.7. The van der Waals surface area contributed by atoms with Gasteiger partial charge in [-0.1, -0.05) is 178 Å². The molecule has 2 aromatic heterocycles. The highest BCUT2D eigenvalue weighted by molar-refractivity contribution is 8.03. The highest BCUT2D eigenvalue weighted by atomic mass is 32.2. The van der Waals surface area contributed by atoms with Crippen LogP contribution in [0.1, 0.15) is 30.5 Å². The van der Waals surface area contributed by atoms with Crippen molar-refractivity contribution in [2.45, 2.75) is 24.2 Å². The fourth-order valence-electron chi connectivity index (χ4n) is 9.65. The highest BCUT2D eigenvalue weighted by Crippen LogP contribution is 2.56. The van der Waals surface area contributed by atoms with Crippen LogP contribution in [0.5, 0.6) is 0 Å². The maximum atomic E-state index is 4.57. The van der Waals surface area contributed by atoms with Gasteiger partial charge in [0.2, 0.25) is 0 Å². The SMILES string of the molecule is C=C1/C=C\C=C(\N(c2ccc(-c3cccc4c3sc3ccccc34)cc2)c2ccc(-c3cccc4c3sc3ccccc34)cc2)Sc2c1ccc1c2-c2ccccc2C1(C)C. The quantitative estimate of drug-likeness (QED) is 0.170. The van der Waals surface area contributed by atoms with Crippen LogP contribution in [0.15, 0.2) is 205 Å². The van der Waals surface area contributed by atoms with Crippen molar-refractivity contribution < 1.29 is 0 Å². The van der Waals surface area contributed by atoms with Gasteiger partial charge in [-0.15, -0.1) is 22.7 Å². The van der Waals surface area contributed by atoms with Crippen molar-refractivity contribution in [3.8, 4) is 33.4 Å². The Morgan fingerprint density at radius 3 is 1.61 bits per heavy atom. The summed E-state index contributed by atoms with van der Waals surface area (Å²) in [6.45, 7) is 9.28. The lowest BCUT2D eigenvalue weighted by atomic mass is 9.82. The molecule has 61 heavy (non-hydrogen) atoms. The summed E-state index contributed by atoms with van der Waals surface area (Å²) in [7, 11) is 0. The first-order valence-corrected chi connectivity index (χ1v) is 23.2. The van der Waals surface area contributed by atoms with Gasteiger partial charge in [-0.2, -0.15) is 0 Å². The van der Waals surface area contributed by atoms with Crippen molar-refractivity contribution in [3.05, 3.63) is 216 Å². The van der Waals surface area contributed by atoms with Gasteiger partial charge in [0.25, 0.3) is 0 Å². The van der Waals surface area contributed by atoms with Crippen LogP contribution in [-0.4, -0.2) is 0 Å². The Morgan fingerprint density at radius 1 is 0.475 bits per heavy atom. The molecular weight excluding hydrogens is 795 g/mol. The molecule has 0 bridgehead atoms. The fourth-order valence-corrected chi connectivity index (χ4v) is 13.4. The number of benzene rings is 8. The molecule has 8 aromatic carbocycles. The molecule has 1 aliphatic heterocycles. The molecule has 0 saturated heterocycles. The number of nitrogens with zero attached hydrogens (tertiary/aromatic N) is 1. The Bertz CT molecular complexity index is 3330. The minimum absolute atomic E-state index is 0.106. The van der Waals surface area contributed by atoms with Crippen LogP contribution in [0, 0.1) is 0 Å². The lowest BCUT2D eigenvalue weighted by Crippen LogP contribution is -2.16. The molecule has 0 unspecified atom stereocenters. The van der Waals surface area contributed by atoms with E-state index in [1.807, 2.05) is 34.4 Å². The van der Waals surface area contributed by atoms with Crippen molar-refractivity contribution in [1.29, 1.82) is 0 Å². The van der Waals surface area contributed by atoms with E-state index < -0.39 is 0 Å². The van der Waals surface area contributed by atoms with Gasteiger partial charge in [-0.05, 0) is 92.6 Å². The number of thioether (sulfide) groups is 1. The summed E-state index contributed by atoms with van der Waals surface area (Å²) in [5, 5.41) is 6.40. The van der Waals surface area contributed by atoms with Crippen LogP contribution < -0.4 is 4.90 Å². The molecule has 3 heterocycles. The van der Waals surface area contributed by atoms with E-state index in [0.717, 1.165) is 22.0 Å². The van der Waals surface area contributed by atoms with Crippen molar-refractivity contribution >= 4 is 91.7 Å². The van der Waals surface area contributed by atoms with Crippen LogP contribution in [0.3, 0.4) is 0 Å². The summed E-state index contributed by atoms with van der Waals surface area (Å²) in [4.78, 5) is 3.69. The van der Waals surface area contributed by atoms with E-state index in [9.17, 15) is 0 Å². The average Bonchev–Trinajstić information content (AvgIpc) is 3.94. The highest BCUT2D eigenvalue weighted by Gasteiger charge is 2.38. The van der Waals surface area contributed by atoms with E-state index in [4.69, 9.17) is 0 Å². The van der Waals surface area contributed by atoms with Gasteiger partial charge >= 0.3 is 0 Å². The second-order valence-corrected chi connectivity index (χ2v) is 19.7. The summed E-state index contributed by atoms with van der Waals surface area (Å²) in [5.41, 5.74) is 14.6. The number of thiophene rings is 2. The number of allylic oxidation sites excluding steroid dienone is 4. The summed E-state index contributed by atoms with van der Waals surface area (Å²) in [6, 6.07) is 62.9. The molecule has 0 radical (unpaired) electrons. The van der Waals surface area contributed by atoms with E-state index >= 15 is 0 Å². The van der Waals surface area contributed by atoms with Gasteiger partial charge in [0.05, 0.1) is 5.03 Å². The first-order chi connectivity index (χ1) is 29.9. The fraction of sp³-hybridized carbons (Fsp3) is 0.0526.